The van der Waals surface area contributed by atoms with E-state index in [1.54, 1.807) is 12.1 Å². The Morgan fingerprint density at radius 2 is 1.68 bits per heavy atom. The van der Waals surface area contributed by atoms with E-state index in [2.05, 4.69) is 10.2 Å². The van der Waals surface area contributed by atoms with Crippen LogP contribution in [0.5, 0.6) is 0 Å². The van der Waals surface area contributed by atoms with Gasteiger partial charge in [0, 0.05) is 10.6 Å². The third-order valence-corrected chi connectivity index (χ3v) is 3.33. The zero-order valence-corrected chi connectivity index (χ0v) is 11.8. The lowest BCUT2D eigenvalue weighted by Crippen LogP contribution is -2.11. The molecule has 0 saturated carbocycles. The second-order valence-electron chi connectivity index (χ2n) is 4.46. The molecule has 3 rings (SSSR count). The molecule has 0 saturated heterocycles. The summed E-state index contributed by atoms with van der Waals surface area (Å²) < 4.78 is 29.1. The first-order chi connectivity index (χ1) is 10.6. The van der Waals surface area contributed by atoms with E-state index < -0.39 is 23.0 Å². The highest BCUT2D eigenvalue weighted by Gasteiger charge is 2.22. The lowest BCUT2D eigenvalue weighted by atomic mass is 10.0. The smallest absolute Gasteiger partial charge is 0.201 e. The molecule has 2 aromatic carbocycles. The zero-order chi connectivity index (χ0) is 15.7. The molecule has 3 aromatic rings. The average molecular weight is 320 g/mol. The number of ketones is 1. The van der Waals surface area contributed by atoms with Crippen LogP contribution in [0.15, 0.2) is 49.1 Å². The monoisotopic (exact) mass is 319 g/mol. The van der Waals surface area contributed by atoms with Crippen molar-refractivity contribution < 1.29 is 13.6 Å². The van der Waals surface area contributed by atoms with Crippen LogP contribution in [-0.4, -0.2) is 20.5 Å². The molecule has 0 atom stereocenters. The zero-order valence-electron chi connectivity index (χ0n) is 11.0. The Morgan fingerprint density at radius 3 is 2.32 bits per heavy atom. The van der Waals surface area contributed by atoms with E-state index in [4.69, 9.17) is 11.6 Å². The van der Waals surface area contributed by atoms with Crippen LogP contribution in [0.3, 0.4) is 0 Å². The lowest BCUT2D eigenvalue weighted by molar-refractivity contribution is 0.103. The van der Waals surface area contributed by atoms with Crippen molar-refractivity contribution in [2.24, 2.45) is 0 Å². The number of hydrogen-bond donors (Lipinski definition) is 0. The van der Waals surface area contributed by atoms with Gasteiger partial charge in [-0.3, -0.25) is 9.36 Å². The molecule has 0 spiro atoms. The number of nitrogens with zero attached hydrogens (tertiary/aromatic N) is 3. The summed E-state index contributed by atoms with van der Waals surface area (Å²) in [4.78, 5) is 12.6. The summed E-state index contributed by atoms with van der Waals surface area (Å²) in [5.41, 5.74) is -0.197. The highest BCUT2D eigenvalue weighted by molar-refractivity contribution is 6.31. The molecule has 0 aliphatic heterocycles. The molecule has 4 nitrogen and oxygen atoms in total. The Bertz CT molecular complexity index is 830. The fourth-order valence-corrected chi connectivity index (χ4v) is 2.26. The maximum absolute atomic E-state index is 13.8. The van der Waals surface area contributed by atoms with Crippen LogP contribution in [0.2, 0.25) is 5.02 Å². The topological polar surface area (TPSA) is 47.8 Å². The van der Waals surface area contributed by atoms with Gasteiger partial charge in [-0.25, -0.2) is 8.78 Å². The number of benzene rings is 2. The predicted molar refractivity (Wildman–Crippen MR) is 76.2 cm³/mol. The molecule has 0 radical (unpaired) electrons. The summed E-state index contributed by atoms with van der Waals surface area (Å²) >= 11 is 5.91. The summed E-state index contributed by atoms with van der Waals surface area (Å²) in [5.74, 6) is -2.67. The molecule has 1 heterocycles. The molecule has 0 bridgehead atoms. The first-order valence-corrected chi connectivity index (χ1v) is 6.59. The van der Waals surface area contributed by atoms with Crippen molar-refractivity contribution >= 4 is 17.4 Å². The summed E-state index contributed by atoms with van der Waals surface area (Å²) in [6.45, 7) is 0. The Kier molecular flexibility index (Phi) is 3.68. The van der Waals surface area contributed by atoms with Crippen molar-refractivity contribution in [2.75, 3.05) is 0 Å². The molecule has 22 heavy (non-hydrogen) atoms. The van der Waals surface area contributed by atoms with Crippen molar-refractivity contribution in [3.63, 3.8) is 0 Å². The van der Waals surface area contributed by atoms with Crippen LogP contribution in [0.1, 0.15) is 15.9 Å². The quantitative estimate of drug-likeness (QED) is 0.695. The maximum atomic E-state index is 13.8. The molecular weight excluding hydrogens is 312 g/mol. The summed E-state index contributed by atoms with van der Waals surface area (Å²) in [6.07, 6.45) is 2.75. The van der Waals surface area contributed by atoms with Gasteiger partial charge in [-0.05, 0) is 30.3 Å². The van der Waals surface area contributed by atoms with Gasteiger partial charge < -0.3 is 0 Å². The van der Waals surface area contributed by atoms with Crippen molar-refractivity contribution in [1.29, 1.82) is 0 Å². The Hall–Kier alpha value is -2.60. The van der Waals surface area contributed by atoms with Gasteiger partial charge in [0.05, 0.1) is 11.3 Å². The molecular formula is C15H8ClF2N3O. The average Bonchev–Trinajstić information content (AvgIpc) is 3.01. The summed E-state index contributed by atoms with van der Waals surface area (Å²) in [6, 6.07) is 7.72. The summed E-state index contributed by atoms with van der Waals surface area (Å²) in [7, 11) is 0. The van der Waals surface area contributed by atoms with Gasteiger partial charge >= 0.3 is 0 Å². The van der Waals surface area contributed by atoms with E-state index in [1.807, 2.05) is 0 Å². The minimum Gasteiger partial charge on any atom is -0.288 e. The van der Waals surface area contributed by atoms with Crippen LogP contribution in [0, 0.1) is 11.6 Å². The van der Waals surface area contributed by atoms with Crippen LogP contribution in [-0.2, 0) is 0 Å². The van der Waals surface area contributed by atoms with Crippen LogP contribution < -0.4 is 0 Å². The van der Waals surface area contributed by atoms with Gasteiger partial charge in [0.1, 0.15) is 24.3 Å². The molecule has 1 aromatic heterocycles. The second kappa shape index (κ2) is 5.65. The Labute approximate surface area is 129 Å². The molecule has 0 N–H and O–H groups in total. The molecule has 0 aliphatic carbocycles. The minimum atomic E-state index is -0.931. The van der Waals surface area contributed by atoms with E-state index in [0.29, 0.717) is 5.69 Å². The molecule has 7 heteroatoms. The predicted octanol–water partition coefficient (Wildman–Crippen LogP) is 3.43. The minimum absolute atomic E-state index is 0.0521. The standard InChI is InChI=1S/C15H8ClF2N3O/c16-9-4-5-13(21-7-19-20-8-21)10(6-9)15(22)14-11(17)2-1-3-12(14)18/h1-8H. The van der Waals surface area contributed by atoms with Gasteiger partial charge in [-0.1, -0.05) is 17.7 Å². The van der Waals surface area contributed by atoms with Gasteiger partial charge in [-0.2, -0.15) is 0 Å². The fraction of sp³-hybridized carbons (Fsp3) is 0. The van der Waals surface area contributed by atoms with Gasteiger partial charge in [0.15, 0.2) is 0 Å². The SMILES string of the molecule is O=C(c1cc(Cl)ccc1-n1cnnc1)c1c(F)cccc1F. The van der Waals surface area contributed by atoms with E-state index in [-0.39, 0.29) is 10.6 Å². The second-order valence-corrected chi connectivity index (χ2v) is 4.89. The summed E-state index contributed by atoms with van der Waals surface area (Å²) in [5, 5.41) is 7.57. The third-order valence-electron chi connectivity index (χ3n) is 3.09. The number of rotatable bonds is 3. The van der Waals surface area contributed by atoms with Crippen molar-refractivity contribution in [1.82, 2.24) is 14.8 Å². The third kappa shape index (κ3) is 2.48. The number of aromatic nitrogens is 3. The molecule has 0 aliphatic rings. The number of carbonyl (C=O) groups is 1. The highest BCUT2D eigenvalue weighted by Crippen LogP contribution is 2.24. The van der Waals surface area contributed by atoms with E-state index in [1.165, 1.54) is 29.4 Å². The molecule has 110 valence electrons. The van der Waals surface area contributed by atoms with Gasteiger partial charge in [0.2, 0.25) is 5.78 Å². The van der Waals surface area contributed by atoms with Crippen molar-refractivity contribution in [2.45, 2.75) is 0 Å². The Balaban J connectivity index is 2.20. The first-order valence-electron chi connectivity index (χ1n) is 6.21. The lowest BCUT2D eigenvalue weighted by Gasteiger charge is -2.10. The number of halogens is 3. The van der Waals surface area contributed by atoms with Gasteiger partial charge in [-0.15, -0.1) is 10.2 Å². The van der Waals surface area contributed by atoms with Gasteiger partial charge in [0.25, 0.3) is 0 Å². The molecule has 0 fully saturated rings. The van der Waals surface area contributed by atoms with Crippen LogP contribution in [0.4, 0.5) is 8.78 Å². The van der Waals surface area contributed by atoms with Crippen LogP contribution >= 0.6 is 11.6 Å². The van der Waals surface area contributed by atoms with Crippen molar-refractivity contribution in [3.05, 3.63) is 76.8 Å². The Morgan fingerprint density at radius 1 is 1.05 bits per heavy atom. The number of carbonyl (C=O) groups excluding carboxylic acids is 1. The van der Waals surface area contributed by atoms with E-state index >= 15 is 0 Å². The van der Waals surface area contributed by atoms with E-state index in [9.17, 15) is 13.6 Å². The highest BCUT2D eigenvalue weighted by atomic mass is 35.5. The molecule has 0 amide bonds. The maximum Gasteiger partial charge on any atom is 0.201 e. The first kappa shape index (κ1) is 14.3. The molecule has 0 unspecified atom stereocenters. The van der Waals surface area contributed by atoms with E-state index in [0.717, 1.165) is 12.1 Å². The number of hydrogen-bond acceptors (Lipinski definition) is 3. The van der Waals surface area contributed by atoms with Crippen LogP contribution in [0.25, 0.3) is 5.69 Å². The largest absolute Gasteiger partial charge is 0.288 e. The fourth-order valence-electron chi connectivity index (χ4n) is 2.09. The normalized spacial score (nSPS) is 10.7. The van der Waals surface area contributed by atoms with Crippen molar-refractivity contribution in [3.8, 4) is 5.69 Å².